The van der Waals surface area contributed by atoms with Gasteiger partial charge in [0.1, 0.15) is 0 Å². The van der Waals surface area contributed by atoms with E-state index in [1.165, 1.54) is 5.56 Å². The lowest BCUT2D eigenvalue weighted by Gasteiger charge is -1.93. The van der Waals surface area contributed by atoms with E-state index in [1.807, 2.05) is 18.2 Å². The van der Waals surface area contributed by atoms with Crippen molar-refractivity contribution < 1.29 is 8.76 Å². The molecule has 4 N–H and O–H groups in total. The molecule has 1 atom stereocenters. The first kappa shape index (κ1) is 12.2. The molecule has 0 aliphatic heterocycles. The third-order valence-electron chi connectivity index (χ3n) is 1.28. The van der Waals surface area contributed by atoms with Crippen LogP contribution in [-0.4, -0.2) is 15.3 Å². The second-order valence-corrected chi connectivity index (χ2v) is 2.81. The lowest BCUT2D eigenvalue weighted by atomic mass is 10.2. The Kier molecular flexibility index (Phi) is 7.42. The molecule has 1 rings (SSSR count). The molecule has 1 aromatic carbocycles. The Hall–Kier alpha value is -0.750. The predicted molar refractivity (Wildman–Crippen MR) is 52.3 cm³/mol. The Balaban J connectivity index is 0.000000310. The molecular weight excluding hydrogens is 188 g/mol. The molecule has 0 heterocycles. The minimum Gasteiger partial charge on any atom is -0.760 e. The van der Waals surface area contributed by atoms with Crippen molar-refractivity contribution in [2.75, 3.05) is 6.54 Å². The smallest absolute Gasteiger partial charge is 0.0152 e. The molecule has 0 aliphatic carbocycles. The van der Waals surface area contributed by atoms with E-state index in [-0.39, 0.29) is 0 Å². The second kappa shape index (κ2) is 7.88. The highest BCUT2D eigenvalue weighted by Crippen LogP contribution is 1.96. The van der Waals surface area contributed by atoms with E-state index in [1.54, 1.807) is 0 Å². The van der Waals surface area contributed by atoms with Gasteiger partial charge in [-0.05, 0) is 18.5 Å². The van der Waals surface area contributed by atoms with Gasteiger partial charge in [0, 0.05) is 11.3 Å². The second-order valence-electron chi connectivity index (χ2n) is 2.28. The standard InChI is InChI=1S/C8H11N.H3NO2S/c9-7-6-8-4-2-1-3-5-8;1-4(2)3/h1-5H,6-7,9H2;1H2,(H,2,3)/p-1. The summed E-state index contributed by atoms with van der Waals surface area (Å²) in [6.07, 6.45) is 0.987. The van der Waals surface area contributed by atoms with Crippen LogP contribution < -0.4 is 10.9 Å². The lowest BCUT2D eigenvalue weighted by molar-refractivity contribution is 0.539. The molecular formula is C8H13N2O2S-. The van der Waals surface area contributed by atoms with E-state index >= 15 is 0 Å². The number of benzene rings is 1. The van der Waals surface area contributed by atoms with Crippen LogP contribution in [0, 0.1) is 0 Å². The van der Waals surface area contributed by atoms with Crippen molar-refractivity contribution in [3.8, 4) is 0 Å². The highest BCUT2D eigenvalue weighted by atomic mass is 32.2. The van der Waals surface area contributed by atoms with E-state index in [0.29, 0.717) is 0 Å². The summed E-state index contributed by atoms with van der Waals surface area (Å²) in [7, 11) is 0. The largest absolute Gasteiger partial charge is 0.760 e. The van der Waals surface area contributed by atoms with Gasteiger partial charge in [0.05, 0.1) is 0 Å². The maximum Gasteiger partial charge on any atom is 0.0152 e. The van der Waals surface area contributed by atoms with Gasteiger partial charge in [0.2, 0.25) is 0 Å². The Labute approximate surface area is 80.4 Å². The van der Waals surface area contributed by atoms with Crippen molar-refractivity contribution in [2.24, 2.45) is 10.9 Å². The highest BCUT2D eigenvalue weighted by molar-refractivity contribution is 7.76. The van der Waals surface area contributed by atoms with Gasteiger partial charge in [-0.2, -0.15) is 0 Å². The minimum absolute atomic E-state index is 0.740. The summed E-state index contributed by atoms with van der Waals surface area (Å²) in [5.41, 5.74) is 6.68. The normalized spacial score (nSPS) is 11.3. The first-order valence-electron chi connectivity index (χ1n) is 3.74. The van der Waals surface area contributed by atoms with E-state index in [4.69, 9.17) is 14.5 Å². The summed E-state index contributed by atoms with van der Waals surface area (Å²) >= 11 is -2.36. The fraction of sp³-hybridized carbons (Fsp3) is 0.250. The third kappa shape index (κ3) is 9.16. The third-order valence-corrected chi connectivity index (χ3v) is 1.28. The molecule has 0 saturated heterocycles. The molecule has 1 aromatic rings. The van der Waals surface area contributed by atoms with Crippen molar-refractivity contribution in [3.05, 3.63) is 35.9 Å². The van der Waals surface area contributed by atoms with Gasteiger partial charge < -0.3 is 10.3 Å². The van der Waals surface area contributed by atoms with Crippen LogP contribution in [0.2, 0.25) is 0 Å². The SMILES string of the molecule is NCCc1ccccc1.NS(=O)[O-]. The molecule has 13 heavy (non-hydrogen) atoms. The number of hydrogen-bond donors (Lipinski definition) is 2. The minimum atomic E-state index is -2.36. The van der Waals surface area contributed by atoms with E-state index in [9.17, 15) is 0 Å². The predicted octanol–water partition coefficient (Wildman–Crippen LogP) is -0.0730. The molecule has 5 heteroatoms. The number of hydrogen-bond acceptors (Lipinski definition) is 3. The van der Waals surface area contributed by atoms with Crippen molar-refractivity contribution in [2.45, 2.75) is 6.42 Å². The van der Waals surface area contributed by atoms with E-state index < -0.39 is 11.3 Å². The van der Waals surface area contributed by atoms with Crippen LogP contribution in [0.1, 0.15) is 5.56 Å². The van der Waals surface area contributed by atoms with Gasteiger partial charge in [0.25, 0.3) is 0 Å². The van der Waals surface area contributed by atoms with Crippen LogP contribution >= 0.6 is 0 Å². The van der Waals surface area contributed by atoms with Gasteiger partial charge in [0.15, 0.2) is 0 Å². The fourth-order valence-corrected chi connectivity index (χ4v) is 0.811. The topological polar surface area (TPSA) is 92.2 Å². The maximum absolute atomic E-state index is 8.78. The summed E-state index contributed by atoms with van der Waals surface area (Å²) in [6.45, 7) is 0.740. The van der Waals surface area contributed by atoms with Crippen LogP contribution in [0.3, 0.4) is 0 Å². The van der Waals surface area contributed by atoms with Crippen molar-refractivity contribution in [1.82, 2.24) is 0 Å². The Morgan fingerprint density at radius 2 is 1.77 bits per heavy atom. The first-order valence-corrected chi connectivity index (χ1v) is 4.88. The molecule has 1 unspecified atom stereocenters. The zero-order valence-corrected chi connectivity index (χ0v) is 8.00. The molecule has 0 saturated carbocycles. The Morgan fingerprint density at radius 3 is 2.15 bits per heavy atom. The first-order chi connectivity index (χ1) is 6.16. The molecule has 0 spiro atoms. The Bertz CT molecular complexity index is 237. The molecule has 0 bridgehead atoms. The summed E-state index contributed by atoms with van der Waals surface area (Å²) in [5.74, 6) is 0. The van der Waals surface area contributed by atoms with Gasteiger partial charge in [-0.15, -0.1) is 0 Å². The number of rotatable bonds is 2. The summed E-state index contributed by atoms with van der Waals surface area (Å²) in [5, 5.41) is 4.03. The number of nitrogens with two attached hydrogens (primary N) is 2. The van der Waals surface area contributed by atoms with Crippen molar-refractivity contribution in [1.29, 1.82) is 0 Å². The lowest BCUT2D eigenvalue weighted by Crippen LogP contribution is -2.01. The van der Waals surface area contributed by atoms with Gasteiger partial charge >= 0.3 is 0 Å². The molecule has 74 valence electrons. The average molecular weight is 201 g/mol. The molecule has 4 nitrogen and oxygen atoms in total. The zero-order chi connectivity index (χ0) is 10.1. The van der Waals surface area contributed by atoms with Crippen LogP contribution in [0.25, 0.3) is 0 Å². The fourth-order valence-electron chi connectivity index (χ4n) is 0.811. The summed E-state index contributed by atoms with van der Waals surface area (Å²) in [4.78, 5) is 0. The molecule has 0 radical (unpaired) electrons. The monoisotopic (exact) mass is 201 g/mol. The highest BCUT2D eigenvalue weighted by Gasteiger charge is 1.84. The van der Waals surface area contributed by atoms with Crippen molar-refractivity contribution >= 4 is 11.3 Å². The van der Waals surface area contributed by atoms with Gasteiger partial charge in [-0.25, -0.2) is 0 Å². The average Bonchev–Trinajstić information content (AvgIpc) is 2.06. The summed E-state index contributed by atoms with van der Waals surface area (Å²) < 4.78 is 17.6. The van der Waals surface area contributed by atoms with Crippen molar-refractivity contribution in [3.63, 3.8) is 0 Å². The Morgan fingerprint density at radius 1 is 1.31 bits per heavy atom. The summed E-state index contributed by atoms with van der Waals surface area (Å²) in [6, 6.07) is 10.3. The molecule has 0 fully saturated rings. The van der Waals surface area contributed by atoms with Crippen LogP contribution in [0.4, 0.5) is 0 Å². The maximum atomic E-state index is 8.78. The van der Waals surface area contributed by atoms with E-state index in [2.05, 4.69) is 17.3 Å². The molecule has 0 aliphatic rings. The molecule has 0 amide bonds. The van der Waals surface area contributed by atoms with Gasteiger partial charge in [-0.3, -0.25) is 9.35 Å². The molecule has 0 aromatic heterocycles. The van der Waals surface area contributed by atoms with Crippen LogP contribution in [0.15, 0.2) is 30.3 Å². The van der Waals surface area contributed by atoms with E-state index in [0.717, 1.165) is 13.0 Å². The van der Waals surface area contributed by atoms with Crippen LogP contribution in [0.5, 0.6) is 0 Å². The zero-order valence-electron chi connectivity index (χ0n) is 7.18. The van der Waals surface area contributed by atoms with Crippen LogP contribution in [-0.2, 0) is 17.7 Å². The quantitative estimate of drug-likeness (QED) is 0.656. The van der Waals surface area contributed by atoms with Gasteiger partial charge in [-0.1, -0.05) is 30.3 Å².